The molecule has 0 atom stereocenters. The lowest BCUT2D eigenvalue weighted by Crippen LogP contribution is -2.38. The van der Waals surface area contributed by atoms with Gasteiger partial charge in [-0.05, 0) is 55.0 Å². The van der Waals surface area contributed by atoms with Crippen LogP contribution in [0.5, 0.6) is 0 Å². The molecule has 0 heterocycles. The van der Waals surface area contributed by atoms with E-state index < -0.39 is 9.84 Å². The Morgan fingerprint density at radius 3 is 2.14 bits per heavy atom. The average molecular weight is 534 g/mol. The summed E-state index contributed by atoms with van der Waals surface area (Å²) in [5, 5.41) is 6.57. The molecule has 0 spiro atoms. The van der Waals surface area contributed by atoms with Crippen molar-refractivity contribution in [3.63, 3.8) is 0 Å². The van der Waals surface area contributed by atoms with E-state index >= 15 is 0 Å². The molecule has 2 rings (SSSR count). The Hall–Kier alpha value is -1.26. The Morgan fingerprint density at radius 2 is 1.61 bits per heavy atom. The van der Waals surface area contributed by atoms with E-state index in [1.807, 2.05) is 19.1 Å². The summed E-state index contributed by atoms with van der Waals surface area (Å²) in [5.74, 6) is 0.777. The van der Waals surface area contributed by atoms with E-state index in [2.05, 4.69) is 46.1 Å². The summed E-state index contributed by atoms with van der Waals surface area (Å²) in [4.78, 5) is 6.22. The van der Waals surface area contributed by atoms with Crippen molar-refractivity contribution >= 4 is 51.5 Å². The van der Waals surface area contributed by atoms with Crippen LogP contribution < -0.4 is 10.6 Å². The third kappa shape index (κ3) is 8.40. The number of hydrogen-bond acceptors (Lipinski definition) is 4. The zero-order valence-electron chi connectivity index (χ0n) is 16.4. The van der Waals surface area contributed by atoms with E-state index in [9.17, 15) is 8.42 Å². The number of aliphatic imine (C=N–C) groups is 1. The van der Waals surface area contributed by atoms with Gasteiger partial charge in [0.25, 0.3) is 0 Å². The van der Waals surface area contributed by atoms with E-state index in [-0.39, 0.29) is 24.0 Å². The van der Waals surface area contributed by atoms with Gasteiger partial charge in [0.2, 0.25) is 0 Å². The topological polar surface area (TPSA) is 70.6 Å². The number of sulfone groups is 1. The summed E-state index contributed by atoms with van der Waals surface area (Å²) in [6, 6.07) is 15.4. The van der Waals surface area contributed by atoms with Crippen molar-refractivity contribution in [2.24, 2.45) is 4.99 Å². The lowest BCUT2D eigenvalue weighted by atomic mass is 10.1. The molecule has 0 unspecified atom stereocenters. The van der Waals surface area contributed by atoms with Gasteiger partial charge in [-0.15, -0.1) is 35.7 Å². The Balaban J connectivity index is 0.00000392. The molecule has 0 aliphatic heterocycles. The molecule has 0 aliphatic rings. The maximum absolute atomic E-state index is 11.5. The second-order valence-electron chi connectivity index (χ2n) is 6.14. The highest BCUT2D eigenvalue weighted by Crippen LogP contribution is 2.15. The monoisotopic (exact) mass is 533 g/mol. The second-order valence-corrected chi connectivity index (χ2v) is 9.03. The Labute approximate surface area is 189 Å². The molecule has 8 heteroatoms. The van der Waals surface area contributed by atoms with Gasteiger partial charge in [-0.3, -0.25) is 0 Å². The molecule has 0 bridgehead atoms. The van der Waals surface area contributed by atoms with Gasteiger partial charge in [-0.2, -0.15) is 0 Å². The Bertz CT molecular complexity index is 852. The molecule has 2 aromatic carbocycles. The molecule has 5 nitrogen and oxygen atoms in total. The van der Waals surface area contributed by atoms with Crippen LogP contribution >= 0.6 is 35.7 Å². The van der Waals surface area contributed by atoms with Crippen LogP contribution in [0, 0.1) is 0 Å². The van der Waals surface area contributed by atoms with Crippen LogP contribution in [0.15, 0.2) is 63.3 Å². The summed E-state index contributed by atoms with van der Waals surface area (Å²) in [5.41, 5.74) is 2.25. The van der Waals surface area contributed by atoms with E-state index in [1.165, 1.54) is 16.7 Å². The van der Waals surface area contributed by atoms with Crippen LogP contribution in [0.2, 0.25) is 0 Å². The summed E-state index contributed by atoms with van der Waals surface area (Å²) in [6.45, 7) is 4.16. The van der Waals surface area contributed by atoms with Crippen LogP contribution in [0.25, 0.3) is 0 Å². The van der Waals surface area contributed by atoms with Crippen molar-refractivity contribution in [3.8, 4) is 0 Å². The SMILES string of the molecule is CCNC(=NCc1ccc(SC)cc1)NCCc1ccc(S(C)(=O)=O)cc1.I. The van der Waals surface area contributed by atoms with Crippen molar-refractivity contribution in [3.05, 3.63) is 59.7 Å². The third-order valence-corrected chi connectivity index (χ3v) is 5.85. The van der Waals surface area contributed by atoms with Gasteiger partial charge >= 0.3 is 0 Å². The first-order valence-corrected chi connectivity index (χ1v) is 12.0. The predicted molar refractivity (Wildman–Crippen MR) is 130 cm³/mol. The highest BCUT2D eigenvalue weighted by atomic mass is 127. The summed E-state index contributed by atoms with van der Waals surface area (Å²) < 4.78 is 23.0. The Kier molecular flexibility index (Phi) is 10.9. The van der Waals surface area contributed by atoms with Gasteiger partial charge < -0.3 is 10.6 Å². The lowest BCUT2D eigenvalue weighted by Gasteiger charge is -2.11. The highest BCUT2D eigenvalue weighted by Gasteiger charge is 2.06. The van der Waals surface area contributed by atoms with Gasteiger partial charge in [-0.25, -0.2) is 13.4 Å². The quantitative estimate of drug-likeness (QED) is 0.234. The number of benzene rings is 2. The van der Waals surface area contributed by atoms with Gasteiger partial charge in [0, 0.05) is 24.2 Å². The molecule has 2 aromatic rings. The van der Waals surface area contributed by atoms with E-state index in [1.54, 1.807) is 23.9 Å². The fourth-order valence-electron chi connectivity index (χ4n) is 2.47. The normalized spacial score (nSPS) is 11.6. The molecule has 0 saturated heterocycles. The molecule has 0 saturated carbocycles. The molecule has 0 radical (unpaired) electrons. The van der Waals surface area contributed by atoms with Crippen LogP contribution in [0.3, 0.4) is 0 Å². The fraction of sp³-hybridized carbons (Fsp3) is 0.350. The highest BCUT2D eigenvalue weighted by molar-refractivity contribution is 14.0. The van der Waals surface area contributed by atoms with Gasteiger partial charge in [-0.1, -0.05) is 24.3 Å². The smallest absolute Gasteiger partial charge is 0.191 e. The van der Waals surface area contributed by atoms with Crippen molar-refractivity contribution < 1.29 is 8.42 Å². The minimum Gasteiger partial charge on any atom is -0.357 e. The number of nitrogens with zero attached hydrogens (tertiary/aromatic N) is 1. The van der Waals surface area contributed by atoms with Gasteiger partial charge in [0.15, 0.2) is 15.8 Å². The average Bonchev–Trinajstić information content (AvgIpc) is 2.66. The molecular formula is C20H28IN3O2S2. The van der Waals surface area contributed by atoms with Gasteiger partial charge in [0.1, 0.15) is 0 Å². The molecule has 0 aromatic heterocycles. The first-order valence-electron chi connectivity index (χ1n) is 8.86. The van der Waals surface area contributed by atoms with Crippen molar-refractivity contribution in [1.82, 2.24) is 10.6 Å². The van der Waals surface area contributed by atoms with E-state index in [0.717, 1.165) is 31.0 Å². The summed E-state index contributed by atoms with van der Waals surface area (Å²) in [7, 11) is -3.15. The van der Waals surface area contributed by atoms with Crippen LogP contribution in [0.4, 0.5) is 0 Å². The minimum atomic E-state index is -3.15. The molecule has 0 fully saturated rings. The molecule has 154 valence electrons. The maximum atomic E-state index is 11.5. The summed E-state index contributed by atoms with van der Waals surface area (Å²) >= 11 is 1.73. The van der Waals surface area contributed by atoms with Crippen LogP contribution in [0.1, 0.15) is 18.1 Å². The van der Waals surface area contributed by atoms with Crippen molar-refractivity contribution in [2.45, 2.75) is 29.7 Å². The van der Waals surface area contributed by atoms with E-state index in [0.29, 0.717) is 11.4 Å². The predicted octanol–water partition coefficient (Wildman–Crippen LogP) is 3.73. The standard InChI is InChI=1S/C20H27N3O2S2.HI/c1-4-21-20(23-15-17-5-9-18(26-2)10-6-17)22-14-13-16-7-11-19(12-8-16)27(3,24)25;/h5-12H,4,13-15H2,1-3H3,(H2,21,22,23);1H. The summed E-state index contributed by atoms with van der Waals surface area (Å²) in [6.07, 6.45) is 4.07. The number of guanidine groups is 1. The molecular weight excluding hydrogens is 505 g/mol. The van der Waals surface area contributed by atoms with Crippen LogP contribution in [-0.2, 0) is 22.8 Å². The molecule has 0 aliphatic carbocycles. The minimum absolute atomic E-state index is 0. The van der Waals surface area contributed by atoms with Crippen LogP contribution in [-0.4, -0.2) is 40.0 Å². The molecule has 2 N–H and O–H groups in total. The molecule has 0 amide bonds. The Morgan fingerprint density at radius 1 is 1.00 bits per heavy atom. The first kappa shape index (κ1) is 24.8. The van der Waals surface area contributed by atoms with Crippen molar-refractivity contribution in [1.29, 1.82) is 0 Å². The largest absolute Gasteiger partial charge is 0.357 e. The van der Waals surface area contributed by atoms with Gasteiger partial charge in [0.05, 0.1) is 11.4 Å². The van der Waals surface area contributed by atoms with Crippen molar-refractivity contribution in [2.75, 3.05) is 25.6 Å². The second kappa shape index (κ2) is 12.3. The number of thioether (sulfide) groups is 1. The van der Waals surface area contributed by atoms with E-state index in [4.69, 9.17) is 0 Å². The third-order valence-electron chi connectivity index (χ3n) is 3.98. The number of halogens is 1. The number of nitrogens with one attached hydrogen (secondary N) is 2. The lowest BCUT2D eigenvalue weighted by molar-refractivity contribution is 0.602. The maximum Gasteiger partial charge on any atom is 0.191 e. The number of hydrogen-bond donors (Lipinski definition) is 2. The molecule has 28 heavy (non-hydrogen) atoms. The fourth-order valence-corrected chi connectivity index (χ4v) is 3.51. The zero-order valence-corrected chi connectivity index (χ0v) is 20.4. The number of rotatable bonds is 8. The first-order chi connectivity index (χ1) is 12.9. The zero-order chi connectivity index (χ0) is 19.7.